The number of hydrogen-bond acceptors (Lipinski definition) is 4. The Hall–Kier alpha value is -2.89. The number of piperazine rings is 1. The summed E-state index contributed by atoms with van der Waals surface area (Å²) in [7, 11) is 1.65. The maximum atomic E-state index is 13.3. The Morgan fingerprint density at radius 2 is 1.81 bits per heavy atom. The molecule has 5 nitrogen and oxygen atoms in total. The largest absolute Gasteiger partial charge is 0.497 e. The lowest BCUT2D eigenvalue weighted by molar-refractivity contribution is -0.124. The highest BCUT2D eigenvalue weighted by atomic mass is 19.1. The standard InChI is InChI=1S/C20H20FN3O2/c1-26-17-6-4-16(5-7-17)23-8-10-24(11-9-23)20(25)19-12-14-2-3-15(21)13-18(14)22-19/h2-7,13H,8-12H2,1H3. The zero-order valence-corrected chi connectivity index (χ0v) is 14.6. The molecule has 2 heterocycles. The number of carbonyl (C=O) groups is 1. The van der Waals surface area contributed by atoms with Gasteiger partial charge in [-0.1, -0.05) is 6.07 Å². The second-order valence-electron chi connectivity index (χ2n) is 6.49. The SMILES string of the molecule is COc1ccc(N2CCN(C(=O)C3=Nc4cc(F)ccc4C3)CC2)cc1. The van der Waals surface area contributed by atoms with Crippen molar-refractivity contribution in [3.8, 4) is 5.75 Å². The topological polar surface area (TPSA) is 45.1 Å². The molecule has 0 spiro atoms. The Balaban J connectivity index is 1.39. The monoisotopic (exact) mass is 353 g/mol. The van der Waals surface area contributed by atoms with Crippen LogP contribution >= 0.6 is 0 Å². The van der Waals surface area contributed by atoms with E-state index in [4.69, 9.17) is 4.74 Å². The molecule has 2 aliphatic rings. The van der Waals surface area contributed by atoms with Crippen LogP contribution in [0.3, 0.4) is 0 Å². The van der Waals surface area contributed by atoms with Gasteiger partial charge in [0.1, 0.15) is 17.3 Å². The van der Waals surface area contributed by atoms with Crippen LogP contribution in [0, 0.1) is 5.82 Å². The molecular weight excluding hydrogens is 333 g/mol. The van der Waals surface area contributed by atoms with Crippen LogP contribution < -0.4 is 9.64 Å². The first kappa shape index (κ1) is 16.6. The average Bonchev–Trinajstić information content (AvgIpc) is 3.11. The van der Waals surface area contributed by atoms with E-state index in [0.29, 0.717) is 30.9 Å². The summed E-state index contributed by atoms with van der Waals surface area (Å²) in [5.41, 5.74) is 3.11. The molecule has 0 atom stereocenters. The molecule has 26 heavy (non-hydrogen) atoms. The first-order valence-corrected chi connectivity index (χ1v) is 8.68. The molecule has 2 aromatic rings. The van der Waals surface area contributed by atoms with Crippen molar-refractivity contribution in [3.05, 3.63) is 53.8 Å². The van der Waals surface area contributed by atoms with Crippen molar-refractivity contribution in [2.45, 2.75) is 6.42 Å². The second kappa shape index (κ2) is 6.78. The van der Waals surface area contributed by atoms with Crippen molar-refractivity contribution in [3.63, 3.8) is 0 Å². The van der Waals surface area contributed by atoms with Crippen LogP contribution in [-0.4, -0.2) is 49.8 Å². The zero-order valence-electron chi connectivity index (χ0n) is 14.6. The van der Waals surface area contributed by atoms with Gasteiger partial charge in [0.05, 0.1) is 12.8 Å². The molecule has 0 radical (unpaired) electrons. The minimum Gasteiger partial charge on any atom is -0.497 e. The van der Waals surface area contributed by atoms with Crippen molar-refractivity contribution in [1.82, 2.24) is 4.90 Å². The van der Waals surface area contributed by atoms with Crippen LogP contribution in [0.4, 0.5) is 15.8 Å². The van der Waals surface area contributed by atoms with Gasteiger partial charge in [-0.2, -0.15) is 0 Å². The molecule has 134 valence electrons. The molecule has 1 saturated heterocycles. The van der Waals surface area contributed by atoms with Crippen LogP contribution in [0.5, 0.6) is 5.75 Å². The fourth-order valence-electron chi connectivity index (χ4n) is 3.42. The number of aliphatic imine (C=N–C) groups is 1. The molecule has 1 amide bonds. The lowest BCUT2D eigenvalue weighted by Crippen LogP contribution is -2.50. The summed E-state index contributed by atoms with van der Waals surface area (Å²) in [4.78, 5) is 21.2. The molecule has 0 saturated carbocycles. The Bertz CT molecular complexity index is 856. The number of rotatable bonds is 3. The van der Waals surface area contributed by atoms with Crippen LogP contribution in [0.25, 0.3) is 0 Å². The maximum absolute atomic E-state index is 13.3. The van der Waals surface area contributed by atoms with Crippen LogP contribution in [0.15, 0.2) is 47.5 Å². The number of amides is 1. The summed E-state index contributed by atoms with van der Waals surface area (Å²) >= 11 is 0. The molecule has 0 aromatic heterocycles. The average molecular weight is 353 g/mol. The molecule has 0 N–H and O–H groups in total. The van der Waals surface area contributed by atoms with E-state index in [9.17, 15) is 9.18 Å². The van der Waals surface area contributed by atoms with Gasteiger partial charge in [-0.15, -0.1) is 0 Å². The predicted molar refractivity (Wildman–Crippen MR) is 99.0 cm³/mol. The Labute approximate surface area is 151 Å². The van der Waals surface area contributed by atoms with Crippen LogP contribution in [0.1, 0.15) is 5.56 Å². The van der Waals surface area contributed by atoms with E-state index in [0.717, 1.165) is 30.1 Å². The Morgan fingerprint density at radius 3 is 2.50 bits per heavy atom. The van der Waals surface area contributed by atoms with Gasteiger partial charge in [0, 0.05) is 38.3 Å². The second-order valence-corrected chi connectivity index (χ2v) is 6.49. The molecule has 4 rings (SSSR count). The number of carbonyl (C=O) groups excluding carboxylic acids is 1. The first-order chi connectivity index (χ1) is 12.6. The van der Waals surface area contributed by atoms with E-state index in [1.165, 1.54) is 12.1 Å². The van der Waals surface area contributed by atoms with E-state index >= 15 is 0 Å². The molecule has 6 heteroatoms. The van der Waals surface area contributed by atoms with Gasteiger partial charge in [-0.25, -0.2) is 9.38 Å². The number of anilines is 1. The predicted octanol–water partition coefficient (Wildman–Crippen LogP) is 2.81. The first-order valence-electron chi connectivity index (χ1n) is 8.68. The molecule has 0 bridgehead atoms. The van der Waals surface area contributed by atoms with E-state index < -0.39 is 0 Å². The molecule has 1 fully saturated rings. The Morgan fingerprint density at radius 1 is 1.08 bits per heavy atom. The van der Waals surface area contributed by atoms with Crippen LogP contribution in [-0.2, 0) is 11.2 Å². The third-order valence-electron chi connectivity index (χ3n) is 4.91. The summed E-state index contributed by atoms with van der Waals surface area (Å²) < 4.78 is 18.5. The zero-order chi connectivity index (χ0) is 18.1. The van der Waals surface area contributed by atoms with E-state index in [-0.39, 0.29) is 11.7 Å². The van der Waals surface area contributed by atoms with Crippen molar-refractivity contribution < 1.29 is 13.9 Å². The summed E-state index contributed by atoms with van der Waals surface area (Å²) in [6.45, 7) is 2.84. The van der Waals surface area contributed by atoms with E-state index in [1.54, 1.807) is 13.2 Å². The van der Waals surface area contributed by atoms with Gasteiger partial charge in [0.15, 0.2) is 0 Å². The number of ether oxygens (including phenoxy) is 1. The lowest BCUT2D eigenvalue weighted by Gasteiger charge is -2.36. The third kappa shape index (κ3) is 3.14. The van der Waals surface area contributed by atoms with E-state index in [1.807, 2.05) is 29.2 Å². The van der Waals surface area contributed by atoms with Gasteiger partial charge < -0.3 is 14.5 Å². The van der Waals surface area contributed by atoms with Crippen molar-refractivity contribution in [2.75, 3.05) is 38.2 Å². The molecule has 0 unspecified atom stereocenters. The minimum absolute atomic E-state index is 0.0454. The highest BCUT2D eigenvalue weighted by molar-refractivity contribution is 6.40. The number of methoxy groups -OCH3 is 1. The number of benzene rings is 2. The van der Waals surface area contributed by atoms with Gasteiger partial charge in [0.2, 0.25) is 0 Å². The summed E-state index contributed by atoms with van der Waals surface area (Å²) in [6.07, 6.45) is 0.479. The van der Waals surface area contributed by atoms with Gasteiger partial charge in [-0.05, 0) is 42.0 Å². The van der Waals surface area contributed by atoms with Gasteiger partial charge >= 0.3 is 0 Å². The summed E-state index contributed by atoms with van der Waals surface area (Å²) in [5.74, 6) is 0.461. The Kier molecular flexibility index (Phi) is 4.32. The fraction of sp³-hybridized carbons (Fsp3) is 0.300. The number of fused-ring (bicyclic) bond motifs is 1. The van der Waals surface area contributed by atoms with Crippen molar-refractivity contribution in [1.29, 1.82) is 0 Å². The van der Waals surface area contributed by atoms with Crippen molar-refractivity contribution in [2.24, 2.45) is 4.99 Å². The normalized spacial score (nSPS) is 16.3. The minimum atomic E-state index is -0.325. The number of hydrogen-bond donors (Lipinski definition) is 0. The molecule has 2 aliphatic heterocycles. The quantitative estimate of drug-likeness (QED) is 0.852. The summed E-state index contributed by atoms with van der Waals surface area (Å²) in [6, 6.07) is 12.4. The lowest BCUT2D eigenvalue weighted by atomic mass is 10.1. The molecular formula is C20H20FN3O2. The van der Waals surface area contributed by atoms with Crippen LogP contribution in [0.2, 0.25) is 0 Å². The van der Waals surface area contributed by atoms with Gasteiger partial charge in [0.25, 0.3) is 5.91 Å². The highest BCUT2D eigenvalue weighted by Crippen LogP contribution is 2.28. The maximum Gasteiger partial charge on any atom is 0.268 e. The smallest absolute Gasteiger partial charge is 0.268 e. The molecule has 2 aromatic carbocycles. The number of halogens is 1. The van der Waals surface area contributed by atoms with Crippen molar-refractivity contribution >= 4 is 23.0 Å². The summed E-state index contributed by atoms with van der Waals surface area (Å²) in [5, 5.41) is 0. The molecule has 0 aliphatic carbocycles. The third-order valence-corrected chi connectivity index (χ3v) is 4.91. The van der Waals surface area contributed by atoms with E-state index in [2.05, 4.69) is 9.89 Å². The van der Waals surface area contributed by atoms with Gasteiger partial charge in [-0.3, -0.25) is 4.79 Å². The fourth-order valence-corrected chi connectivity index (χ4v) is 3.42. The highest BCUT2D eigenvalue weighted by Gasteiger charge is 2.28. The number of nitrogens with zero attached hydrogens (tertiary/aromatic N) is 3.